The third-order valence-electron chi connectivity index (χ3n) is 4.27. The molecule has 0 saturated carbocycles. The molecule has 8 heteroatoms. The Hall–Kier alpha value is -2.45. The van der Waals surface area contributed by atoms with E-state index >= 15 is 0 Å². The Bertz CT molecular complexity index is 782. The van der Waals surface area contributed by atoms with Crippen molar-refractivity contribution < 1.29 is 19.1 Å². The van der Waals surface area contributed by atoms with Gasteiger partial charge in [0.1, 0.15) is 11.4 Å². The SMILES string of the molecule is COC(=O)COc1ccc(-c2sc(C3CCNCC3)nc2C(N)=O)cc1. The number of hydrogen-bond donors (Lipinski definition) is 2. The topological polar surface area (TPSA) is 104 Å². The van der Waals surface area contributed by atoms with Crippen molar-refractivity contribution >= 4 is 23.2 Å². The first-order valence-electron chi connectivity index (χ1n) is 8.39. The van der Waals surface area contributed by atoms with Crippen molar-refractivity contribution in [3.8, 4) is 16.2 Å². The number of aromatic nitrogens is 1. The van der Waals surface area contributed by atoms with Crippen LogP contribution < -0.4 is 15.8 Å². The largest absolute Gasteiger partial charge is 0.482 e. The first kappa shape index (κ1) is 18.3. The minimum Gasteiger partial charge on any atom is -0.482 e. The molecule has 0 bridgehead atoms. The molecular formula is C18H21N3O4S. The summed E-state index contributed by atoms with van der Waals surface area (Å²) in [5.41, 5.74) is 6.70. The van der Waals surface area contributed by atoms with Crippen molar-refractivity contribution in [2.75, 3.05) is 26.8 Å². The van der Waals surface area contributed by atoms with Crippen molar-refractivity contribution in [1.29, 1.82) is 0 Å². The molecule has 0 unspecified atom stereocenters. The smallest absolute Gasteiger partial charge is 0.343 e. The molecule has 0 radical (unpaired) electrons. The second-order valence-corrected chi connectivity index (χ2v) is 7.04. The zero-order valence-corrected chi connectivity index (χ0v) is 15.3. The Balaban J connectivity index is 1.82. The first-order valence-corrected chi connectivity index (χ1v) is 9.21. The normalized spacial score (nSPS) is 14.8. The number of primary amides is 1. The van der Waals surface area contributed by atoms with Gasteiger partial charge in [-0.2, -0.15) is 0 Å². The average Bonchev–Trinajstić information content (AvgIpc) is 3.13. The zero-order chi connectivity index (χ0) is 18.5. The van der Waals surface area contributed by atoms with Crippen LogP contribution in [0.3, 0.4) is 0 Å². The number of amides is 1. The van der Waals surface area contributed by atoms with Gasteiger partial charge in [0.2, 0.25) is 0 Å². The van der Waals surface area contributed by atoms with Crippen LogP contribution in [-0.2, 0) is 9.53 Å². The van der Waals surface area contributed by atoms with E-state index in [1.807, 2.05) is 12.1 Å². The van der Waals surface area contributed by atoms with E-state index in [0.717, 1.165) is 41.4 Å². The number of benzene rings is 1. The van der Waals surface area contributed by atoms with E-state index in [0.29, 0.717) is 17.4 Å². The molecule has 1 saturated heterocycles. The molecule has 3 rings (SSSR count). The minimum absolute atomic E-state index is 0.150. The fourth-order valence-corrected chi connectivity index (χ4v) is 4.09. The highest BCUT2D eigenvalue weighted by atomic mass is 32.1. The van der Waals surface area contributed by atoms with Crippen molar-refractivity contribution in [2.45, 2.75) is 18.8 Å². The van der Waals surface area contributed by atoms with E-state index in [2.05, 4.69) is 15.0 Å². The third-order valence-corrected chi connectivity index (χ3v) is 5.53. The summed E-state index contributed by atoms with van der Waals surface area (Å²) in [6.45, 7) is 1.76. The predicted molar refractivity (Wildman–Crippen MR) is 98.4 cm³/mol. The Morgan fingerprint density at radius 2 is 1.96 bits per heavy atom. The van der Waals surface area contributed by atoms with Gasteiger partial charge in [-0.3, -0.25) is 4.79 Å². The van der Waals surface area contributed by atoms with Gasteiger partial charge >= 0.3 is 5.97 Å². The van der Waals surface area contributed by atoms with E-state index in [-0.39, 0.29) is 6.61 Å². The summed E-state index contributed by atoms with van der Waals surface area (Å²) in [6.07, 6.45) is 2.01. The number of ether oxygens (including phenoxy) is 2. The molecule has 26 heavy (non-hydrogen) atoms. The van der Waals surface area contributed by atoms with Crippen LogP contribution in [-0.4, -0.2) is 43.7 Å². The van der Waals surface area contributed by atoms with Crippen LogP contribution in [0.1, 0.15) is 34.3 Å². The van der Waals surface area contributed by atoms with Gasteiger partial charge < -0.3 is 20.5 Å². The van der Waals surface area contributed by atoms with Gasteiger partial charge in [0, 0.05) is 5.92 Å². The Morgan fingerprint density at radius 3 is 2.58 bits per heavy atom. The van der Waals surface area contributed by atoms with Crippen LogP contribution in [0.4, 0.5) is 0 Å². The van der Waals surface area contributed by atoms with Crippen molar-refractivity contribution in [3.63, 3.8) is 0 Å². The summed E-state index contributed by atoms with van der Waals surface area (Å²) in [4.78, 5) is 28.3. The van der Waals surface area contributed by atoms with E-state index < -0.39 is 11.9 Å². The summed E-state index contributed by atoms with van der Waals surface area (Å²) < 4.78 is 9.88. The number of esters is 1. The lowest BCUT2D eigenvalue weighted by molar-refractivity contribution is -0.142. The lowest BCUT2D eigenvalue weighted by atomic mass is 9.99. The van der Waals surface area contributed by atoms with Gasteiger partial charge in [0.15, 0.2) is 6.61 Å². The molecule has 138 valence electrons. The molecule has 7 nitrogen and oxygen atoms in total. The zero-order valence-electron chi connectivity index (χ0n) is 14.5. The van der Waals surface area contributed by atoms with Gasteiger partial charge in [-0.1, -0.05) is 0 Å². The number of methoxy groups -OCH3 is 1. The predicted octanol–water partition coefficient (Wildman–Crippen LogP) is 1.93. The Morgan fingerprint density at radius 1 is 1.27 bits per heavy atom. The van der Waals surface area contributed by atoms with Gasteiger partial charge in [-0.05, 0) is 55.8 Å². The molecule has 0 aliphatic carbocycles. The highest BCUT2D eigenvalue weighted by molar-refractivity contribution is 7.15. The van der Waals surface area contributed by atoms with Crippen LogP contribution in [0.25, 0.3) is 10.4 Å². The molecule has 1 aromatic heterocycles. The van der Waals surface area contributed by atoms with E-state index in [1.54, 1.807) is 12.1 Å². The van der Waals surface area contributed by atoms with Crippen LogP contribution in [0, 0.1) is 0 Å². The highest BCUT2D eigenvalue weighted by Gasteiger charge is 2.24. The maximum absolute atomic E-state index is 11.8. The molecule has 1 amide bonds. The lowest BCUT2D eigenvalue weighted by Gasteiger charge is -2.20. The molecule has 1 aliphatic rings. The maximum atomic E-state index is 11.8. The quantitative estimate of drug-likeness (QED) is 0.748. The maximum Gasteiger partial charge on any atom is 0.343 e. The molecule has 2 aromatic rings. The number of hydrogen-bond acceptors (Lipinski definition) is 7. The van der Waals surface area contributed by atoms with E-state index in [4.69, 9.17) is 10.5 Å². The summed E-state index contributed by atoms with van der Waals surface area (Å²) in [7, 11) is 1.31. The number of nitrogens with zero attached hydrogens (tertiary/aromatic N) is 1. The van der Waals surface area contributed by atoms with Gasteiger partial charge in [-0.25, -0.2) is 9.78 Å². The molecule has 1 fully saturated rings. The standard InChI is InChI=1S/C18H21N3O4S/c1-24-14(22)10-25-13-4-2-11(3-5-13)16-15(17(19)23)21-18(26-16)12-6-8-20-9-7-12/h2-5,12,20H,6-10H2,1H3,(H2,19,23). The second-order valence-electron chi connectivity index (χ2n) is 6.01. The number of carbonyl (C=O) groups excluding carboxylic acids is 2. The minimum atomic E-state index is -0.526. The van der Waals surface area contributed by atoms with Crippen LogP contribution in [0.15, 0.2) is 24.3 Å². The molecule has 2 heterocycles. The van der Waals surface area contributed by atoms with Gasteiger partial charge in [-0.15, -0.1) is 11.3 Å². The summed E-state index contributed by atoms with van der Waals surface area (Å²) in [5.74, 6) is -0.0692. The van der Waals surface area contributed by atoms with Crippen molar-refractivity contribution in [3.05, 3.63) is 35.0 Å². The highest BCUT2D eigenvalue weighted by Crippen LogP contribution is 2.37. The van der Waals surface area contributed by atoms with Crippen LogP contribution in [0.5, 0.6) is 5.75 Å². The second kappa shape index (κ2) is 8.29. The molecule has 1 aliphatic heterocycles. The number of nitrogens with one attached hydrogen (secondary N) is 1. The number of thiazole rings is 1. The van der Waals surface area contributed by atoms with E-state index in [9.17, 15) is 9.59 Å². The van der Waals surface area contributed by atoms with Crippen LogP contribution >= 0.6 is 11.3 Å². The summed E-state index contributed by atoms with van der Waals surface area (Å²) >= 11 is 1.52. The first-order chi connectivity index (χ1) is 12.6. The molecule has 0 atom stereocenters. The fraction of sp³-hybridized carbons (Fsp3) is 0.389. The summed E-state index contributed by atoms with van der Waals surface area (Å²) in [5, 5.41) is 4.29. The summed E-state index contributed by atoms with van der Waals surface area (Å²) in [6, 6.07) is 7.15. The average molecular weight is 375 g/mol. The monoisotopic (exact) mass is 375 g/mol. The van der Waals surface area contributed by atoms with Gasteiger partial charge in [0.25, 0.3) is 5.91 Å². The van der Waals surface area contributed by atoms with Gasteiger partial charge in [0.05, 0.1) is 17.0 Å². The molecule has 1 aromatic carbocycles. The molecular weight excluding hydrogens is 354 g/mol. The number of rotatable bonds is 6. The molecule has 0 spiro atoms. The molecule has 3 N–H and O–H groups in total. The van der Waals surface area contributed by atoms with Crippen LogP contribution in [0.2, 0.25) is 0 Å². The van der Waals surface area contributed by atoms with Crippen molar-refractivity contribution in [1.82, 2.24) is 10.3 Å². The fourth-order valence-electron chi connectivity index (χ4n) is 2.85. The van der Waals surface area contributed by atoms with Crippen molar-refractivity contribution in [2.24, 2.45) is 5.73 Å². The Labute approximate surface area is 155 Å². The number of carbonyl (C=O) groups is 2. The lowest BCUT2D eigenvalue weighted by Crippen LogP contribution is -2.26. The Kier molecular flexibility index (Phi) is 5.85. The number of piperidine rings is 1. The third kappa shape index (κ3) is 4.20. The number of nitrogens with two attached hydrogens (primary N) is 1. The van der Waals surface area contributed by atoms with E-state index in [1.165, 1.54) is 18.4 Å².